The summed E-state index contributed by atoms with van der Waals surface area (Å²) < 4.78 is 48.4. The molecule has 1 aliphatic rings. The Hall–Kier alpha value is -4.40. The van der Waals surface area contributed by atoms with Crippen LogP contribution < -0.4 is 14.3 Å². The van der Waals surface area contributed by atoms with Gasteiger partial charge in [0.05, 0.1) is 40.6 Å². The van der Waals surface area contributed by atoms with Gasteiger partial charge in [-0.2, -0.15) is 13.7 Å². The van der Waals surface area contributed by atoms with Crippen molar-refractivity contribution in [3.63, 3.8) is 0 Å². The Morgan fingerprint density at radius 2 is 1.93 bits per heavy atom. The van der Waals surface area contributed by atoms with Crippen LogP contribution >= 0.6 is 0 Å². The quantitative estimate of drug-likeness (QED) is 0.194. The molecule has 1 aliphatic heterocycles. The highest BCUT2D eigenvalue weighted by atomic mass is 32.3. The van der Waals surface area contributed by atoms with Gasteiger partial charge in [0.25, 0.3) is 0 Å². The second-order valence-electron chi connectivity index (χ2n) is 10.4. The zero-order valence-corrected chi connectivity index (χ0v) is 23.3. The molecule has 41 heavy (non-hydrogen) atoms. The number of pyridine rings is 1. The van der Waals surface area contributed by atoms with E-state index in [0.29, 0.717) is 56.5 Å². The third-order valence-corrected chi connectivity index (χ3v) is 7.88. The number of unbranched alkanes of at least 4 members (excludes halogenated alkanes) is 1. The fourth-order valence-electron chi connectivity index (χ4n) is 5.58. The number of likely N-dealkylation sites (N-methyl/N-ethyl adjacent to an activating group) is 1. The number of hydrogen-bond donors (Lipinski definition) is 1. The molecule has 0 radical (unpaired) electrons. The highest BCUT2D eigenvalue weighted by molar-refractivity contribution is 7.81. The number of nitrogens with one attached hydrogen (secondary N) is 1. The number of benzene rings is 3. The van der Waals surface area contributed by atoms with Crippen LogP contribution in [0.3, 0.4) is 0 Å². The van der Waals surface area contributed by atoms with Crippen LogP contribution in [0.15, 0.2) is 59.4 Å². The number of likely N-dealkylation sites (tertiary alicyclic amines) is 1. The van der Waals surface area contributed by atoms with Crippen molar-refractivity contribution < 1.29 is 21.2 Å². The maximum Gasteiger partial charge on any atom is 0.488 e. The van der Waals surface area contributed by atoms with E-state index in [1.165, 1.54) is 12.1 Å². The number of ether oxygens (including phenoxy) is 1. The van der Waals surface area contributed by atoms with E-state index in [1.807, 2.05) is 20.0 Å². The van der Waals surface area contributed by atoms with Crippen LogP contribution in [-0.4, -0.2) is 49.6 Å². The summed E-state index contributed by atoms with van der Waals surface area (Å²) in [7, 11) is -3.18. The molecule has 0 atom stereocenters. The van der Waals surface area contributed by atoms with Crippen molar-refractivity contribution in [1.29, 1.82) is 5.26 Å². The van der Waals surface area contributed by atoms with Crippen molar-refractivity contribution >= 4 is 43.3 Å². The minimum absolute atomic E-state index is 0.0696. The molecule has 0 saturated carbocycles. The summed E-state index contributed by atoms with van der Waals surface area (Å²) in [6.45, 7) is 4.00. The number of H-pyrrole nitrogens is 1. The summed E-state index contributed by atoms with van der Waals surface area (Å²) in [6, 6.07) is 17.2. The first-order valence-corrected chi connectivity index (χ1v) is 14.6. The Labute approximate surface area is 235 Å². The molecule has 1 N–H and O–H groups in total. The van der Waals surface area contributed by atoms with Gasteiger partial charge in [0, 0.05) is 29.6 Å². The zero-order chi connectivity index (χ0) is 28.9. The van der Waals surface area contributed by atoms with Gasteiger partial charge < -0.3 is 23.4 Å². The monoisotopic (exact) mass is 574 g/mol. The lowest BCUT2D eigenvalue weighted by Gasteiger charge is -2.39. The smallest absolute Gasteiger partial charge is 0.488 e. The number of halogens is 1. The molecule has 0 aliphatic carbocycles. The zero-order valence-electron chi connectivity index (χ0n) is 22.5. The number of hydrogen-bond acceptors (Lipinski definition) is 7. The van der Waals surface area contributed by atoms with Crippen LogP contribution in [0, 0.1) is 11.3 Å². The van der Waals surface area contributed by atoms with E-state index >= 15 is 0 Å². The van der Waals surface area contributed by atoms with E-state index < -0.39 is 10.5 Å². The number of nitriles is 1. The highest BCUT2D eigenvalue weighted by Crippen LogP contribution is 2.39. The van der Waals surface area contributed by atoms with Crippen LogP contribution in [0.25, 0.3) is 44.0 Å². The molecular formula is C30H27FN4O5S. The Bertz CT molecular complexity index is 2040. The van der Waals surface area contributed by atoms with E-state index in [1.54, 1.807) is 36.4 Å². The first kappa shape index (κ1) is 26.8. The topological polar surface area (TPSA) is 117 Å². The maximum absolute atomic E-state index is 14.1. The van der Waals surface area contributed by atoms with E-state index in [2.05, 4.69) is 24.7 Å². The van der Waals surface area contributed by atoms with E-state index in [-0.39, 0.29) is 17.2 Å². The normalized spacial score (nSPS) is 14.4. The van der Waals surface area contributed by atoms with Crippen molar-refractivity contribution in [2.24, 2.45) is 0 Å². The summed E-state index contributed by atoms with van der Waals surface area (Å²) in [5.41, 5.74) is 3.51. The van der Waals surface area contributed by atoms with E-state index in [0.717, 1.165) is 31.3 Å². The van der Waals surface area contributed by atoms with Gasteiger partial charge in [-0.05, 0) is 55.4 Å². The van der Waals surface area contributed by atoms with Crippen molar-refractivity contribution in [2.75, 3.05) is 26.7 Å². The third-order valence-electron chi connectivity index (χ3n) is 7.48. The van der Waals surface area contributed by atoms with Gasteiger partial charge in [0.2, 0.25) is 0 Å². The Morgan fingerprint density at radius 1 is 1.12 bits per heavy atom. The Balaban J connectivity index is 1.66. The molecule has 3 aromatic carbocycles. The number of aromatic nitrogens is 2. The summed E-state index contributed by atoms with van der Waals surface area (Å²) >= 11 is 0. The van der Waals surface area contributed by atoms with E-state index in [9.17, 15) is 22.4 Å². The average molecular weight is 575 g/mol. The van der Waals surface area contributed by atoms with Gasteiger partial charge in [-0.15, -0.1) is 0 Å². The SMILES string of the molecule is CCCCOc1cc2c(=O)c3c4ccc(C#N)cc4[nH]c3n(C3CN(C)C3)c2cc1-c1cccc(OS(=O)(=O)F)c1. The maximum atomic E-state index is 14.1. The summed E-state index contributed by atoms with van der Waals surface area (Å²) in [4.78, 5) is 19.7. The van der Waals surface area contributed by atoms with Crippen molar-refractivity contribution in [3.8, 4) is 28.7 Å². The molecule has 1 fully saturated rings. The van der Waals surface area contributed by atoms with Crippen LogP contribution in [0.4, 0.5) is 3.89 Å². The third kappa shape index (κ3) is 4.90. The molecule has 0 unspecified atom stereocenters. The van der Waals surface area contributed by atoms with Crippen LogP contribution in [0.5, 0.6) is 11.5 Å². The number of rotatable bonds is 8. The molecule has 0 spiro atoms. The highest BCUT2D eigenvalue weighted by Gasteiger charge is 2.30. The second-order valence-corrected chi connectivity index (χ2v) is 11.3. The minimum Gasteiger partial charge on any atom is -0.493 e. The molecule has 9 nitrogen and oxygen atoms in total. The standard InChI is InChI=1S/C30H27FN4O5S/c1-3-4-10-39-27-14-24-26(13-23(27)19-6-5-7-21(12-19)40-41(31,37)38)35(20-16-34(2)17-20)30-28(29(24)36)22-9-8-18(15-32)11-25(22)33-30/h5-9,11-14,20,33H,3-4,10,16-17H2,1-2H3. The molecule has 6 rings (SSSR count). The molecule has 3 heterocycles. The van der Waals surface area contributed by atoms with Crippen molar-refractivity contribution in [2.45, 2.75) is 25.8 Å². The summed E-state index contributed by atoms with van der Waals surface area (Å²) in [5, 5.41) is 11.2. The summed E-state index contributed by atoms with van der Waals surface area (Å²) in [6.07, 6.45) is 1.70. The Kier molecular flexibility index (Phi) is 6.68. The van der Waals surface area contributed by atoms with Gasteiger partial charge in [0.1, 0.15) is 17.1 Å². The lowest BCUT2D eigenvalue weighted by molar-refractivity contribution is 0.146. The van der Waals surface area contributed by atoms with Crippen molar-refractivity contribution in [3.05, 3.63) is 70.4 Å². The largest absolute Gasteiger partial charge is 0.493 e. The molecule has 11 heteroatoms. The van der Waals surface area contributed by atoms with Gasteiger partial charge in [-0.3, -0.25) is 4.79 Å². The minimum atomic E-state index is -5.21. The molecule has 1 saturated heterocycles. The average Bonchev–Trinajstić information content (AvgIpc) is 3.30. The molecule has 0 bridgehead atoms. The molecular weight excluding hydrogens is 547 g/mol. The van der Waals surface area contributed by atoms with Gasteiger partial charge >= 0.3 is 10.5 Å². The van der Waals surface area contributed by atoms with Crippen LogP contribution in [-0.2, 0) is 10.5 Å². The van der Waals surface area contributed by atoms with E-state index in [4.69, 9.17) is 4.74 Å². The molecule has 0 amide bonds. The number of fused-ring (bicyclic) bond motifs is 4. The second kappa shape index (κ2) is 10.2. The van der Waals surface area contributed by atoms with Gasteiger partial charge in [-0.1, -0.05) is 35.4 Å². The Morgan fingerprint density at radius 3 is 2.63 bits per heavy atom. The first-order chi connectivity index (χ1) is 19.7. The first-order valence-electron chi connectivity index (χ1n) is 13.3. The fourth-order valence-corrected chi connectivity index (χ4v) is 5.91. The van der Waals surface area contributed by atoms with Crippen molar-refractivity contribution in [1.82, 2.24) is 14.5 Å². The number of nitrogens with zero attached hydrogens (tertiary/aromatic N) is 3. The van der Waals surface area contributed by atoms with Crippen LogP contribution in [0.2, 0.25) is 0 Å². The lowest BCUT2D eigenvalue weighted by Crippen LogP contribution is -2.45. The predicted octanol–water partition coefficient (Wildman–Crippen LogP) is 5.43. The van der Waals surface area contributed by atoms with Gasteiger partial charge in [-0.25, -0.2) is 0 Å². The summed E-state index contributed by atoms with van der Waals surface area (Å²) in [5.74, 6) is 0.272. The number of aromatic amines is 1. The van der Waals surface area contributed by atoms with Crippen LogP contribution in [0.1, 0.15) is 31.4 Å². The molecule has 210 valence electrons. The van der Waals surface area contributed by atoms with Gasteiger partial charge in [0.15, 0.2) is 5.43 Å². The predicted molar refractivity (Wildman–Crippen MR) is 155 cm³/mol. The lowest BCUT2D eigenvalue weighted by atomic mass is 9.99. The molecule has 5 aromatic rings. The fraction of sp³-hybridized carbons (Fsp3) is 0.267. The molecule has 2 aromatic heterocycles.